The molecule has 2 aliphatic carbocycles. The summed E-state index contributed by atoms with van der Waals surface area (Å²) in [6.45, 7) is 0. The van der Waals surface area contributed by atoms with E-state index in [0.717, 1.165) is 25.7 Å². The topological polar surface area (TPSA) is 64.6 Å². The van der Waals surface area contributed by atoms with Crippen LogP contribution in [0.3, 0.4) is 0 Å². The summed E-state index contributed by atoms with van der Waals surface area (Å²) in [7, 11) is -0.221. The van der Waals surface area contributed by atoms with Crippen LogP contribution in [0.5, 0.6) is 5.75 Å². The van der Waals surface area contributed by atoms with Crippen LogP contribution in [-0.4, -0.2) is 34.8 Å². The summed E-state index contributed by atoms with van der Waals surface area (Å²) in [5.74, 6) is 0.646. The second kappa shape index (κ2) is 5.26. The Morgan fingerprint density at radius 2 is 1.86 bits per heavy atom. The zero-order valence-electron chi connectivity index (χ0n) is 12.3. The summed E-state index contributed by atoms with van der Waals surface area (Å²) in [4.78, 5) is 0.277. The first-order chi connectivity index (χ1) is 10.0. The third-order valence-electron chi connectivity index (χ3n) is 5.02. The van der Waals surface area contributed by atoms with Gasteiger partial charge in [0.15, 0.2) is 0 Å². The maximum atomic E-state index is 12.5. The average Bonchev–Trinajstić information content (AvgIpc) is 2.41. The first-order valence-corrected chi connectivity index (χ1v) is 8.69. The van der Waals surface area contributed by atoms with E-state index in [9.17, 15) is 8.42 Å². The fraction of sp³-hybridized carbons (Fsp3) is 0.600. The molecule has 0 aromatic heterocycles. The van der Waals surface area contributed by atoms with Gasteiger partial charge in [-0.1, -0.05) is 6.42 Å². The molecule has 0 saturated heterocycles. The van der Waals surface area contributed by atoms with E-state index >= 15 is 0 Å². The van der Waals surface area contributed by atoms with Gasteiger partial charge in [-0.2, -0.15) is 0 Å². The third kappa shape index (κ3) is 2.35. The molecule has 2 unspecified atom stereocenters. The summed E-state index contributed by atoms with van der Waals surface area (Å²) in [6, 6.07) is 6.45. The minimum absolute atomic E-state index is 0.0108. The van der Waals surface area contributed by atoms with Gasteiger partial charge in [-0.3, -0.25) is 0 Å². The second-order valence-corrected chi connectivity index (χ2v) is 7.61. The number of sulfonamides is 1. The van der Waals surface area contributed by atoms with Crippen LogP contribution in [0.25, 0.3) is 0 Å². The van der Waals surface area contributed by atoms with Crippen LogP contribution >= 0.6 is 0 Å². The van der Waals surface area contributed by atoms with Crippen molar-refractivity contribution in [1.29, 1.82) is 0 Å². The van der Waals surface area contributed by atoms with Gasteiger partial charge in [-0.25, -0.2) is 13.1 Å². The van der Waals surface area contributed by atoms with E-state index in [0.29, 0.717) is 5.75 Å². The van der Waals surface area contributed by atoms with Crippen LogP contribution in [0.1, 0.15) is 25.7 Å². The highest BCUT2D eigenvalue weighted by Crippen LogP contribution is 2.57. The van der Waals surface area contributed by atoms with Crippen LogP contribution in [0.4, 0.5) is 0 Å². The molecule has 1 aromatic rings. The average molecular weight is 311 g/mol. The Balaban J connectivity index is 1.74. The predicted octanol–water partition coefficient (Wildman–Crippen LogP) is 1.93. The lowest BCUT2D eigenvalue weighted by molar-refractivity contribution is -0.155. The van der Waals surface area contributed by atoms with Gasteiger partial charge in [0.2, 0.25) is 10.0 Å². The Morgan fingerprint density at radius 3 is 2.33 bits per heavy atom. The minimum Gasteiger partial charge on any atom is -0.497 e. The van der Waals surface area contributed by atoms with Gasteiger partial charge in [0.05, 0.1) is 18.1 Å². The smallest absolute Gasteiger partial charge is 0.240 e. The number of hydrogen-bond acceptors (Lipinski definition) is 4. The van der Waals surface area contributed by atoms with E-state index in [-0.39, 0.29) is 22.5 Å². The fourth-order valence-electron chi connectivity index (χ4n) is 3.51. The van der Waals surface area contributed by atoms with E-state index in [2.05, 4.69) is 4.72 Å². The highest BCUT2D eigenvalue weighted by atomic mass is 32.2. The van der Waals surface area contributed by atoms with E-state index in [1.165, 1.54) is 0 Å². The molecule has 0 amide bonds. The molecule has 5 nitrogen and oxygen atoms in total. The predicted molar refractivity (Wildman–Crippen MR) is 78.8 cm³/mol. The zero-order valence-corrected chi connectivity index (χ0v) is 13.2. The number of rotatable bonds is 5. The standard InChI is InChI=1S/C15H21NO4S/c1-19-11-4-6-12(7-5-11)21(17,18)16-13-10-14(20-2)15(13)8-3-9-15/h4-7,13-14,16H,3,8-10H2,1-2H3. The first-order valence-electron chi connectivity index (χ1n) is 7.21. The maximum Gasteiger partial charge on any atom is 0.240 e. The summed E-state index contributed by atoms with van der Waals surface area (Å²) >= 11 is 0. The summed E-state index contributed by atoms with van der Waals surface area (Å²) in [6.07, 6.45) is 4.18. The van der Waals surface area contributed by atoms with Crippen molar-refractivity contribution in [2.75, 3.05) is 14.2 Å². The van der Waals surface area contributed by atoms with Crippen molar-refractivity contribution >= 4 is 10.0 Å². The van der Waals surface area contributed by atoms with Crippen molar-refractivity contribution in [1.82, 2.24) is 4.72 Å². The number of hydrogen-bond donors (Lipinski definition) is 1. The van der Waals surface area contributed by atoms with Gasteiger partial charge in [0, 0.05) is 18.6 Å². The molecule has 1 aromatic carbocycles. The zero-order chi connectivity index (χ0) is 15.1. The Bertz CT molecular complexity index is 607. The van der Waals surface area contributed by atoms with E-state index in [1.54, 1.807) is 38.5 Å². The molecule has 0 bridgehead atoms. The summed E-state index contributed by atoms with van der Waals surface area (Å²) in [5, 5.41) is 0. The molecule has 2 fully saturated rings. The molecular formula is C15H21NO4S. The highest BCUT2D eigenvalue weighted by Gasteiger charge is 2.59. The molecule has 6 heteroatoms. The lowest BCUT2D eigenvalue weighted by Gasteiger charge is -2.60. The molecule has 2 saturated carbocycles. The molecule has 0 radical (unpaired) electrons. The van der Waals surface area contributed by atoms with Gasteiger partial charge in [0.25, 0.3) is 0 Å². The molecule has 3 rings (SSSR count). The van der Waals surface area contributed by atoms with E-state index in [1.807, 2.05) is 0 Å². The molecule has 0 heterocycles. The SMILES string of the molecule is COc1ccc(S(=O)(=O)NC2CC(OC)C23CCC3)cc1. The van der Waals surface area contributed by atoms with Gasteiger partial charge in [0.1, 0.15) is 5.75 Å². The van der Waals surface area contributed by atoms with Gasteiger partial charge < -0.3 is 9.47 Å². The lowest BCUT2D eigenvalue weighted by Crippen LogP contribution is -2.67. The van der Waals surface area contributed by atoms with Crippen molar-refractivity contribution < 1.29 is 17.9 Å². The van der Waals surface area contributed by atoms with Crippen molar-refractivity contribution in [3.63, 3.8) is 0 Å². The summed E-state index contributed by atoms with van der Waals surface area (Å²) in [5.41, 5.74) is 0.0221. The maximum absolute atomic E-state index is 12.5. The monoisotopic (exact) mass is 311 g/mol. The molecule has 0 aliphatic heterocycles. The Hall–Kier alpha value is -1.11. The van der Waals surface area contributed by atoms with Crippen molar-refractivity contribution in [3.05, 3.63) is 24.3 Å². The van der Waals surface area contributed by atoms with Crippen molar-refractivity contribution in [2.24, 2.45) is 5.41 Å². The molecule has 1 N–H and O–H groups in total. The van der Waals surface area contributed by atoms with Gasteiger partial charge >= 0.3 is 0 Å². The highest BCUT2D eigenvalue weighted by molar-refractivity contribution is 7.89. The second-order valence-electron chi connectivity index (χ2n) is 5.90. The van der Waals surface area contributed by atoms with Crippen LogP contribution in [-0.2, 0) is 14.8 Å². The Morgan fingerprint density at radius 1 is 1.19 bits per heavy atom. The molecule has 2 atom stereocenters. The molecule has 2 aliphatic rings. The first kappa shape index (κ1) is 14.8. The minimum atomic E-state index is -3.49. The number of benzene rings is 1. The van der Waals surface area contributed by atoms with E-state index < -0.39 is 10.0 Å². The lowest BCUT2D eigenvalue weighted by atomic mass is 9.51. The molecular weight excluding hydrogens is 290 g/mol. The number of methoxy groups -OCH3 is 2. The normalized spacial score (nSPS) is 27.0. The number of ether oxygens (including phenoxy) is 2. The van der Waals surface area contributed by atoms with Crippen LogP contribution in [0.2, 0.25) is 0 Å². The largest absolute Gasteiger partial charge is 0.497 e. The van der Waals surface area contributed by atoms with Gasteiger partial charge in [-0.15, -0.1) is 0 Å². The quantitative estimate of drug-likeness (QED) is 0.902. The van der Waals surface area contributed by atoms with Crippen LogP contribution in [0.15, 0.2) is 29.2 Å². The van der Waals surface area contributed by atoms with Crippen molar-refractivity contribution in [3.8, 4) is 5.75 Å². The molecule has 21 heavy (non-hydrogen) atoms. The van der Waals surface area contributed by atoms with Crippen LogP contribution < -0.4 is 9.46 Å². The molecule has 1 spiro atoms. The summed E-state index contributed by atoms with van der Waals surface area (Å²) < 4.78 is 38.3. The van der Waals surface area contributed by atoms with Gasteiger partial charge in [-0.05, 0) is 43.5 Å². The molecule has 116 valence electrons. The Kier molecular flexibility index (Phi) is 3.71. The van der Waals surface area contributed by atoms with Crippen LogP contribution in [0, 0.1) is 5.41 Å². The van der Waals surface area contributed by atoms with Crippen molar-refractivity contribution in [2.45, 2.75) is 42.7 Å². The third-order valence-corrected chi connectivity index (χ3v) is 6.51. The Labute approximate surface area is 125 Å². The fourth-order valence-corrected chi connectivity index (χ4v) is 4.85. The van der Waals surface area contributed by atoms with E-state index in [4.69, 9.17) is 9.47 Å². The number of nitrogens with one attached hydrogen (secondary N) is 1.